The zero-order chi connectivity index (χ0) is 33.3. The monoisotopic (exact) mass is 648 g/mol. The Labute approximate surface area is 282 Å². The molecule has 10 nitrogen and oxygen atoms in total. The van der Waals surface area contributed by atoms with Crippen molar-refractivity contribution in [1.82, 2.24) is 39.3 Å². The van der Waals surface area contributed by atoms with Gasteiger partial charge in [0.15, 0.2) is 17.0 Å². The summed E-state index contributed by atoms with van der Waals surface area (Å²) in [5.41, 5.74) is 5.65. The van der Waals surface area contributed by atoms with Crippen molar-refractivity contribution in [2.24, 2.45) is 0 Å². The van der Waals surface area contributed by atoms with Gasteiger partial charge in [0.25, 0.3) is 5.56 Å². The molecular weight excluding hydrogens is 612 g/mol. The van der Waals surface area contributed by atoms with Crippen molar-refractivity contribution in [3.8, 4) is 28.2 Å². The van der Waals surface area contributed by atoms with E-state index in [-0.39, 0.29) is 11.5 Å². The normalized spacial score (nSPS) is 14.3. The Morgan fingerprint density at radius 2 is 1.47 bits per heavy atom. The summed E-state index contributed by atoms with van der Waals surface area (Å²) in [7, 11) is 0. The van der Waals surface area contributed by atoms with Crippen LogP contribution in [-0.2, 0) is 6.54 Å². The average Bonchev–Trinajstić information content (AvgIpc) is 3.83. The van der Waals surface area contributed by atoms with Crippen molar-refractivity contribution in [3.63, 3.8) is 0 Å². The first-order valence-electron chi connectivity index (χ1n) is 16.9. The molecule has 49 heavy (non-hydrogen) atoms. The number of rotatable bonds is 8. The van der Waals surface area contributed by atoms with E-state index in [4.69, 9.17) is 4.98 Å². The van der Waals surface area contributed by atoms with Gasteiger partial charge >= 0.3 is 5.69 Å². The Kier molecular flexibility index (Phi) is 8.04. The quantitative estimate of drug-likeness (QED) is 0.192. The van der Waals surface area contributed by atoms with E-state index >= 15 is 0 Å². The standard InChI is InChI=1S/C39H36N8O2/c1-26(28-13-5-2-6-14-28)46-38(48)34-37(47(39(46)49)31-17-9-4-10-18-31)40-36(30-15-7-3-8-16-30)45(34)25-27-21-23-29(24-22-27)32-19-11-12-20-33(32)35-41-43-44-42-35/h2,4-6,9-14,17-24,26,30H,3,7-8,15-16,25H2,1H3,(H,41,42,43,44). The molecule has 1 aliphatic rings. The van der Waals surface area contributed by atoms with Crippen LogP contribution in [0, 0.1) is 0 Å². The van der Waals surface area contributed by atoms with Crippen LogP contribution in [0.3, 0.4) is 0 Å². The maximum Gasteiger partial charge on any atom is 0.337 e. The van der Waals surface area contributed by atoms with Crippen molar-refractivity contribution in [2.45, 2.75) is 57.5 Å². The second-order valence-corrected chi connectivity index (χ2v) is 12.8. The second kappa shape index (κ2) is 13.0. The number of hydrogen-bond donors (Lipinski definition) is 1. The van der Waals surface area contributed by atoms with Crippen molar-refractivity contribution >= 4 is 11.2 Å². The SMILES string of the molecule is CC(c1ccccc1)n1c(=O)c2c(nc(C3CCCCC3)n2Cc2ccc(-c3ccccc3-c3nnn[nH]3)cc2)n(-c2ccccc2)c1=O. The van der Waals surface area contributed by atoms with Gasteiger partial charge < -0.3 is 4.57 Å². The number of aromatic nitrogens is 8. The van der Waals surface area contributed by atoms with Crippen LogP contribution >= 0.6 is 0 Å². The number of H-pyrrole nitrogens is 1. The molecule has 3 heterocycles. The van der Waals surface area contributed by atoms with E-state index in [1.54, 1.807) is 4.57 Å². The fraction of sp³-hybridized carbons (Fsp3) is 0.231. The fourth-order valence-electron chi connectivity index (χ4n) is 7.27. The van der Waals surface area contributed by atoms with Crippen molar-refractivity contribution < 1.29 is 0 Å². The third kappa shape index (κ3) is 5.58. The van der Waals surface area contributed by atoms with E-state index in [9.17, 15) is 9.59 Å². The molecule has 1 saturated carbocycles. The van der Waals surface area contributed by atoms with Crippen LogP contribution in [0.2, 0.25) is 0 Å². The van der Waals surface area contributed by atoms with Gasteiger partial charge in [0.05, 0.1) is 11.7 Å². The molecular formula is C39H36N8O2. The molecule has 1 unspecified atom stereocenters. The molecule has 1 aliphatic carbocycles. The molecule has 1 fully saturated rings. The van der Waals surface area contributed by atoms with Gasteiger partial charge in [0.1, 0.15) is 5.82 Å². The number of para-hydroxylation sites is 1. The minimum Gasteiger partial charge on any atom is -0.317 e. The first-order valence-corrected chi connectivity index (χ1v) is 16.9. The van der Waals surface area contributed by atoms with Gasteiger partial charge in [-0.1, -0.05) is 116 Å². The lowest BCUT2D eigenvalue weighted by Gasteiger charge is -2.22. The van der Waals surface area contributed by atoms with E-state index in [0.29, 0.717) is 29.2 Å². The second-order valence-electron chi connectivity index (χ2n) is 12.8. The number of tetrazole rings is 1. The fourth-order valence-corrected chi connectivity index (χ4v) is 7.27. The number of hydrogen-bond acceptors (Lipinski definition) is 6. The number of fused-ring (bicyclic) bond motifs is 1. The molecule has 1 N–H and O–H groups in total. The molecule has 244 valence electrons. The zero-order valence-electron chi connectivity index (χ0n) is 27.2. The summed E-state index contributed by atoms with van der Waals surface area (Å²) in [5, 5.41) is 14.5. The van der Waals surface area contributed by atoms with E-state index < -0.39 is 11.7 Å². The Balaban J connectivity index is 1.31. The molecule has 0 aliphatic heterocycles. The summed E-state index contributed by atoms with van der Waals surface area (Å²) in [6.45, 7) is 2.35. The maximum absolute atomic E-state index is 14.7. The molecule has 0 bridgehead atoms. The van der Waals surface area contributed by atoms with Gasteiger partial charge in [-0.3, -0.25) is 9.36 Å². The first kappa shape index (κ1) is 30.4. The molecule has 0 spiro atoms. The topological polar surface area (TPSA) is 116 Å². The highest BCUT2D eigenvalue weighted by molar-refractivity contribution is 5.80. The predicted molar refractivity (Wildman–Crippen MR) is 190 cm³/mol. The van der Waals surface area contributed by atoms with Crippen LogP contribution in [-0.4, -0.2) is 39.3 Å². The van der Waals surface area contributed by atoms with Gasteiger partial charge in [-0.15, -0.1) is 5.10 Å². The van der Waals surface area contributed by atoms with Crippen molar-refractivity contribution in [2.75, 3.05) is 0 Å². The third-order valence-electron chi connectivity index (χ3n) is 9.80. The number of imidazole rings is 1. The average molecular weight is 649 g/mol. The Bertz CT molecular complexity index is 2340. The summed E-state index contributed by atoms with van der Waals surface area (Å²) in [4.78, 5) is 34.3. The highest BCUT2D eigenvalue weighted by Gasteiger charge is 2.29. The van der Waals surface area contributed by atoms with Crippen LogP contribution in [0.25, 0.3) is 39.4 Å². The highest BCUT2D eigenvalue weighted by atomic mass is 16.2. The van der Waals surface area contributed by atoms with Crippen LogP contribution in [0.1, 0.15) is 67.9 Å². The molecule has 1 atom stereocenters. The lowest BCUT2D eigenvalue weighted by atomic mass is 9.88. The molecule has 8 rings (SSSR count). The van der Waals surface area contributed by atoms with Crippen LogP contribution in [0.4, 0.5) is 0 Å². The van der Waals surface area contributed by atoms with E-state index in [1.165, 1.54) is 11.0 Å². The number of nitrogens with zero attached hydrogens (tertiary/aromatic N) is 7. The number of nitrogens with one attached hydrogen (secondary N) is 1. The number of aromatic amines is 1. The molecule has 3 aromatic heterocycles. The summed E-state index contributed by atoms with van der Waals surface area (Å²) in [5.74, 6) is 1.67. The van der Waals surface area contributed by atoms with Crippen molar-refractivity contribution in [3.05, 3.63) is 147 Å². The molecule has 4 aromatic carbocycles. The largest absolute Gasteiger partial charge is 0.337 e. The van der Waals surface area contributed by atoms with Crippen LogP contribution < -0.4 is 11.2 Å². The van der Waals surface area contributed by atoms with E-state index in [2.05, 4.69) is 55.5 Å². The first-order chi connectivity index (χ1) is 24.1. The van der Waals surface area contributed by atoms with Crippen LogP contribution in [0.15, 0.2) is 119 Å². The smallest absolute Gasteiger partial charge is 0.317 e. The Hall–Kier alpha value is -5.90. The lowest BCUT2D eigenvalue weighted by molar-refractivity contribution is 0.420. The Morgan fingerprint density at radius 3 is 2.16 bits per heavy atom. The molecule has 0 radical (unpaired) electrons. The number of benzene rings is 4. The summed E-state index contributed by atoms with van der Waals surface area (Å²) < 4.78 is 5.10. The van der Waals surface area contributed by atoms with Gasteiger partial charge in [0, 0.05) is 18.0 Å². The molecule has 10 heteroatoms. The molecule has 0 amide bonds. The summed E-state index contributed by atoms with van der Waals surface area (Å²) in [6.07, 6.45) is 5.42. The Morgan fingerprint density at radius 1 is 0.796 bits per heavy atom. The van der Waals surface area contributed by atoms with Crippen LogP contribution in [0.5, 0.6) is 0 Å². The predicted octanol–water partition coefficient (Wildman–Crippen LogP) is 6.90. The summed E-state index contributed by atoms with van der Waals surface area (Å²) >= 11 is 0. The van der Waals surface area contributed by atoms with Crippen molar-refractivity contribution in [1.29, 1.82) is 0 Å². The lowest BCUT2D eigenvalue weighted by Crippen LogP contribution is -2.42. The summed E-state index contributed by atoms with van der Waals surface area (Å²) in [6, 6.07) is 35.1. The maximum atomic E-state index is 14.7. The minimum atomic E-state index is -0.485. The van der Waals surface area contributed by atoms with Gasteiger partial charge in [-0.2, -0.15) is 0 Å². The minimum absolute atomic E-state index is 0.196. The highest BCUT2D eigenvalue weighted by Crippen LogP contribution is 2.35. The van der Waals surface area contributed by atoms with E-state index in [1.807, 2.05) is 85.8 Å². The molecule has 7 aromatic rings. The van der Waals surface area contributed by atoms with Gasteiger partial charge in [-0.25, -0.2) is 19.4 Å². The van der Waals surface area contributed by atoms with Gasteiger partial charge in [-0.05, 0) is 64.6 Å². The molecule has 0 saturated heterocycles. The zero-order valence-corrected chi connectivity index (χ0v) is 27.2. The third-order valence-corrected chi connectivity index (χ3v) is 9.80. The van der Waals surface area contributed by atoms with Gasteiger partial charge in [0.2, 0.25) is 0 Å². The van der Waals surface area contributed by atoms with E-state index in [0.717, 1.165) is 59.3 Å².